The molecule has 0 aliphatic carbocycles. The molecule has 4 heteroatoms. The second kappa shape index (κ2) is 4.08. The van der Waals surface area contributed by atoms with E-state index >= 15 is 0 Å². The Morgan fingerprint density at radius 1 is 1.47 bits per heavy atom. The first kappa shape index (κ1) is 12.0. The number of halogens is 1. The van der Waals surface area contributed by atoms with Gasteiger partial charge in [-0.2, -0.15) is 0 Å². The van der Waals surface area contributed by atoms with Crippen LogP contribution < -0.4 is 0 Å². The van der Waals surface area contributed by atoms with Gasteiger partial charge in [-0.3, -0.25) is 4.79 Å². The van der Waals surface area contributed by atoms with Crippen molar-refractivity contribution in [2.75, 3.05) is 0 Å². The number of carboxylic acid groups (broad SMARTS) is 1. The van der Waals surface area contributed by atoms with Crippen LogP contribution in [0.2, 0.25) is 5.02 Å². The Kier molecular flexibility index (Phi) is 2.87. The monoisotopic (exact) mass is 251 g/mol. The summed E-state index contributed by atoms with van der Waals surface area (Å²) in [4.78, 5) is 14.3. The van der Waals surface area contributed by atoms with Crippen LogP contribution in [0.4, 0.5) is 0 Å². The molecule has 1 heterocycles. The van der Waals surface area contributed by atoms with Gasteiger partial charge in [0.15, 0.2) is 0 Å². The molecule has 0 saturated carbocycles. The minimum Gasteiger partial charge on any atom is -0.481 e. The zero-order valence-corrected chi connectivity index (χ0v) is 10.5. The van der Waals surface area contributed by atoms with Crippen LogP contribution in [-0.2, 0) is 11.2 Å². The van der Waals surface area contributed by atoms with Crippen molar-refractivity contribution in [1.29, 1.82) is 0 Å². The molecule has 0 saturated heterocycles. The first-order chi connectivity index (χ1) is 7.90. The van der Waals surface area contributed by atoms with E-state index in [1.165, 1.54) is 0 Å². The standard InChI is InChI=1S/C13H14ClNO2/c1-13(2,12(16)17)7-8-6-9-10(14)4-3-5-11(9)15-8/h3-6,15H,7H2,1-2H3,(H,16,17). The highest BCUT2D eigenvalue weighted by atomic mass is 35.5. The maximum atomic E-state index is 11.1. The van der Waals surface area contributed by atoms with Crippen molar-refractivity contribution in [3.05, 3.63) is 35.0 Å². The summed E-state index contributed by atoms with van der Waals surface area (Å²) in [6.07, 6.45) is 0.452. The largest absolute Gasteiger partial charge is 0.481 e. The number of H-pyrrole nitrogens is 1. The lowest BCUT2D eigenvalue weighted by Crippen LogP contribution is -2.26. The van der Waals surface area contributed by atoms with Crippen LogP contribution in [0.15, 0.2) is 24.3 Å². The van der Waals surface area contributed by atoms with Crippen LogP contribution in [0.5, 0.6) is 0 Å². The third-order valence-electron chi connectivity index (χ3n) is 2.88. The van der Waals surface area contributed by atoms with Gasteiger partial charge in [-0.05, 0) is 32.0 Å². The molecule has 0 aliphatic rings. The molecule has 0 fully saturated rings. The number of benzene rings is 1. The number of nitrogens with one attached hydrogen (secondary N) is 1. The number of hydrogen-bond acceptors (Lipinski definition) is 1. The lowest BCUT2D eigenvalue weighted by atomic mass is 9.88. The summed E-state index contributed by atoms with van der Waals surface area (Å²) in [7, 11) is 0. The molecule has 2 rings (SSSR count). The summed E-state index contributed by atoms with van der Waals surface area (Å²) in [6.45, 7) is 3.42. The second-order valence-corrected chi connectivity index (χ2v) is 5.27. The number of carbonyl (C=O) groups is 1. The highest BCUT2D eigenvalue weighted by Gasteiger charge is 2.28. The predicted molar refractivity (Wildman–Crippen MR) is 68.4 cm³/mol. The Hall–Kier alpha value is -1.48. The average Bonchev–Trinajstić information content (AvgIpc) is 2.60. The Balaban J connectivity index is 2.38. The summed E-state index contributed by atoms with van der Waals surface area (Å²) in [5, 5.41) is 10.7. The van der Waals surface area contributed by atoms with Crippen LogP contribution in [0, 0.1) is 5.41 Å². The molecule has 0 aliphatic heterocycles. The number of hydrogen-bond donors (Lipinski definition) is 2. The molecule has 0 spiro atoms. The van der Waals surface area contributed by atoms with Crippen molar-refractivity contribution in [1.82, 2.24) is 4.98 Å². The SMILES string of the molecule is CC(C)(Cc1cc2c(Cl)cccc2[nH]1)C(=O)O. The van der Waals surface area contributed by atoms with E-state index in [0.717, 1.165) is 16.6 Å². The first-order valence-electron chi connectivity index (χ1n) is 5.40. The van der Waals surface area contributed by atoms with Gasteiger partial charge in [0.2, 0.25) is 0 Å². The number of aromatic amines is 1. The van der Waals surface area contributed by atoms with E-state index in [2.05, 4.69) is 4.98 Å². The zero-order valence-electron chi connectivity index (χ0n) is 9.75. The van der Waals surface area contributed by atoms with Gasteiger partial charge in [-0.1, -0.05) is 17.7 Å². The number of carboxylic acids is 1. The molecule has 1 aromatic carbocycles. The number of aromatic nitrogens is 1. The first-order valence-corrected chi connectivity index (χ1v) is 5.77. The van der Waals surface area contributed by atoms with Crippen LogP contribution >= 0.6 is 11.6 Å². The van der Waals surface area contributed by atoms with Gasteiger partial charge < -0.3 is 10.1 Å². The molecule has 2 aromatic rings. The van der Waals surface area contributed by atoms with E-state index in [1.807, 2.05) is 24.3 Å². The van der Waals surface area contributed by atoms with Crippen LogP contribution in [0.3, 0.4) is 0 Å². The fourth-order valence-corrected chi connectivity index (χ4v) is 2.05. The van der Waals surface area contributed by atoms with Crippen molar-refractivity contribution < 1.29 is 9.90 Å². The van der Waals surface area contributed by atoms with E-state index in [1.54, 1.807) is 13.8 Å². The summed E-state index contributed by atoms with van der Waals surface area (Å²) in [5.74, 6) is -0.803. The molecule has 0 atom stereocenters. The van der Waals surface area contributed by atoms with Gasteiger partial charge in [0.05, 0.1) is 5.41 Å². The molecule has 0 unspecified atom stereocenters. The van der Waals surface area contributed by atoms with Crippen molar-refractivity contribution in [2.45, 2.75) is 20.3 Å². The summed E-state index contributed by atoms with van der Waals surface area (Å²) in [5.41, 5.74) is 1.04. The Morgan fingerprint density at radius 2 is 2.18 bits per heavy atom. The molecule has 0 bridgehead atoms. The minimum atomic E-state index is -0.803. The number of aliphatic carboxylic acids is 1. The van der Waals surface area contributed by atoms with Gasteiger partial charge in [-0.15, -0.1) is 0 Å². The average molecular weight is 252 g/mol. The van der Waals surface area contributed by atoms with Gasteiger partial charge >= 0.3 is 5.97 Å². The Labute approximate surface area is 104 Å². The maximum absolute atomic E-state index is 11.1. The number of rotatable bonds is 3. The minimum absolute atomic E-state index is 0.452. The van der Waals surface area contributed by atoms with E-state index in [4.69, 9.17) is 16.7 Å². The maximum Gasteiger partial charge on any atom is 0.309 e. The second-order valence-electron chi connectivity index (χ2n) is 4.86. The normalized spacial score (nSPS) is 11.9. The lowest BCUT2D eigenvalue weighted by Gasteiger charge is -2.17. The summed E-state index contributed by atoms with van der Waals surface area (Å²) >= 11 is 6.07. The predicted octanol–water partition coefficient (Wildman–Crippen LogP) is 3.47. The molecule has 2 N–H and O–H groups in total. The molecule has 90 valence electrons. The molecular formula is C13H14ClNO2. The third-order valence-corrected chi connectivity index (χ3v) is 3.21. The van der Waals surface area contributed by atoms with E-state index < -0.39 is 11.4 Å². The molecular weight excluding hydrogens is 238 g/mol. The van der Waals surface area contributed by atoms with Crippen LogP contribution in [-0.4, -0.2) is 16.1 Å². The summed E-state index contributed by atoms with van der Waals surface area (Å²) in [6, 6.07) is 7.54. The van der Waals surface area contributed by atoms with Gasteiger partial charge in [-0.25, -0.2) is 0 Å². The van der Waals surface area contributed by atoms with E-state index in [0.29, 0.717) is 11.4 Å². The fraction of sp³-hybridized carbons (Fsp3) is 0.308. The van der Waals surface area contributed by atoms with Gasteiger partial charge in [0, 0.05) is 28.0 Å². The number of fused-ring (bicyclic) bond motifs is 1. The summed E-state index contributed by atoms with van der Waals surface area (Å²) < 4.78 is 0. The third kappa shape index (κ3) is 2.29. The van der Waals surface area contributed by atoms with Crippen LogP contribution in [0.25, 0.3) is 10.9 Å². The lowest BCUT2D eigenvalue weighted by molar-refractivity contribution is -0.146. The Bertz CT molecular complexity index is 572. The van der Waals surface area contributed by atoms with E-state index in [-0.39, 0.29) is 0 Å². The highest BCUT2D eigenvalue weighted by Crippen LogP contribution is 2.28. The van der Waals surface area contributed by atoms with Gasteiger partial charge in [0.25, 0.3) is 0 Å². The zero-order chi connectivity index (χ0) is 12.6. The molecule has 1 aromatic heterocycles. The molecule has 3 nitrogen and oxygen atoms in total. The Morgan fingerprint density at radius 3 is 2.76 bits per heavy atom. The van der Waals surface area contributed by atoms with Crippen molar-refractivity contribution >= 4 is 28.5 Å². The van der Waals surface area contributed by atoms with Crippen LogP contribution in [0.1, 0.15) is 19.5 Å². The molecule has 0 amide bonds. The van der Waals surface area contributed by atoms with E-state index in [9.17, 15) is 4.79 Å². The molecule has 17 heavy (non-hydrogen) atoms. The smallest absolute Gasteiger partial charge is 0.309 e. The van der Waals surface area contributed by atoms with Gasteiger partial charge in [0.1, 0.15) is 0 Å². The van der Waals surface area contributed by atoms with Crippen molar-refractivity contribution in [2.24, 2.45) is 5.41 Å². The molecule has 0 radical (unpaired) electrons. The topological polar surface area (TPSA) is 53.1 Å². The quantitative estimate of drug-likeness (QED) is 0.878. The fourth-order valence-electron chi connectivity index (χ4n) is 1.82. The highest BCUT2D eigenvalue weighted by molar-refractivity contribution is 6.35. The van der Waals surface area contributed by atoms with Crippen molar-refractivity contribution in [3.8, 4) is 0 Å². The van der Waals surface area contributed by atoms with Crippen molar-refractivity contribution in [3.63, 3.8) is 0 Å².